The largest absolute Gasteiger partial charge is 0.292 e. The molecular weight excluding hydrogens is 414 g/mol. The van der Waals surface area contributed by atoms with Crippen molar-refractivity contribution in [2.24, 2.45) is 16.9 Å². The molecule has 33 heavy (non-hydrogen) atoms. The maximum absolute atomic E-state index is 13.8. The maximum atomic E-state index is 13.8. The van der Waals surface area contributed by atoms with Gasteiger partial charge >= 0.3 is 0 Å². The number of carbonyl (C=O) groups is 3. The first kappa shape index (κ1) is 19.6. The van der Waals surface area contributed by atoms with Crippen LogP contribution >= 0.6 is 0 Å². The summed E-state index contributed by atoms with van der Waals surface area (Å²) in [6, 6.07) is 22.6. The smallest absolute Gasteiger partial charge is 0.240 e. The normalized spacial score (nSPS) is 25.1. The van der Waals surface area contributed by atoms with Gasteiger partial charge in [0.1, 0.15) is 6.04 Å². The number of hydrogen-bond donors (Lipinski definition) is 0. The van der Waals surface area contributed by atoms with E-state index < -0.39 is 23.9 Å². The van der Waals surface area contributed by atoms with Gasteiger partial charge in [-0.1, -0.05) is 72.3 Å². The molecule has 0 unspecified atom stereocenters. The van der Waals surface area contributed by atoms with Crippen LogP contribution < -0.4 is 4.90 Å². The number of rotatable bonds is 3. The molecule has 4 atom stereocenters. The molecule has 0 saturated carbocycles. The van der Waals surface area contributed by atoms with Gasteiger partial charge in [0.2, 0.25) is 11.8 Å². The van der Waals surface area contributed by atoms with Gasteiger partial charge in [-0.25, -0.2) is 4.90 Å². The third-order valence-corrected chi connectivity index (χ3v) is 6.91. The quantitative estimate of drug-likeness (QED) is 0.464. The number of fused-ring (bicyclic) bond motifs is 5. The van der Waals surface area contributed by atoms with Crippen molar-refractivity contribution in [3.8, 4) is 0 Å². The van der Waals surface area contributed by atoms with Crippen LogP contribution in [0.3, 0.4) is 0 Å². The van der Waals surface area contributed by atoms with E-state index in [0.29, 0.717) is 11.3 Å². The maximum Gasteiger partial charge on any atom is 0.240 e. The summed E-state index contributed by atoms with van der Waals surface area (Å²) < 4.78 is 0. The summed E-state index contributed by atoms with van der Waals surface area (Å²) in [5.74, 6) is -2.31. The lowest BCUT2D eigenvalue weighted by Gasteiger charge is -2.33. The highest BCUT2D eigenvalue weighted by atomic mass is 16.2. The number of amides is 2. The molecule has 3 aliphatic heterocycles. The van der Waals surface area contributed by atoms with Crippen molar-refractivity contribution in [3.05, 3.63) is 101 Å². The van der Waals surface area contributed by atoms with Crippen LogP contribution in [0.1, 0.15) is 33.1 Å². The second-order valence-corrected chi connectivity index (χ2v) is 8.77. The number of hydrogen-bond acceptors (Lipinski definition) is 5. The molecule has 0 spiro atoms. The van der Waals surface area contributed by atoms with E-state index in [9.17, 15) is 14.4 Å². The minimum Gasteiger partial charge on any atom is -0.292 e. The van der Waals surface area contributed by atoms with E-state index in [-0.39, 0.29) is 17.6 Å². The number of nitrogens with zero attached hydrogens (tertiary/aromatic N) is 3. The molecule has 6 heteroatoms. The molecule has 3 aromatic rings. The van der Waals surface area contributed by atoms with E-state index in [1.54, 1.807) is 47.6 Å². The van der Waals surface area contributed by atoms with Gasteiger partial charge in [-0.15, -0.1) is 0 Å². The van der Waals surface area contributed by atoms with Crippen LogP contribution in [0.25, 0.3) is 0 Å². The number of hydrazone groups is 1. The molecule has 2 fully saturated rings. The number of aryl methyl sites for hydroxylation is 1. The number of benzene rings is 3. The predicted molar refractivity (Wildman–Crippen MR) is 124 cm³/mol. The van der Waals surface area contributed by atoms with E-state index in [0.717, 1.165) is 16.7 Å². The number of Topliss-reactive ketones (excluding diaryl/α,β-unsaturated/α-hetero) is 1. The summed E-state index contributed by atoms with van der Waals surface area (Å²) in [5.41, 5.74) is 3.90. The lowest BCUT2D eigenvalue weighted by molar-refractivity contribution is -0.124. The van der Waals surface area contributed by atoms with Crippen molar-refractivity contribution in [1.82, 2.24) is 5.01 Å². The number of para-hydroxylation sites is 1. The Kier molecular flexibility index (Phi) is 4.30. The van der Waals surface area contributed by atoms with Crippen molar-refractivity contribution in [1.29, 1.82) is 0 Å². The van der Waals surface area contributed by atoms with E-state index >= 15 is 0 Å². The molecule has 2 amide bonds. The topological polar surface area (TPSA) is 70.0 Å². The Morgan fingerprint density at radius 1 is 0.818 bits per heavy atom. The summed E-state index contributed by atoms with van der Waals surface area (Å²) in [6.45, 7) is 1.96. The molecule has 3 heterocycles. The average molecular weight is 435 g/mol. The van der Waals surface area contributed by atoms with Crippen LogP contribution in [-0.4, -0.2) is 34.9 Å². The zero-order chi connectivity index (χ0) is 22.7. The molecule has 3 aromatic carbocycles. The summed E-state index contributed by atoms with van der Waals surface area (Å²) in [7, 11) is 0. The highest BCUT2D eigenvalue weighted by molar-refractivity contribution is 6.24. The van der Waals surface area contributed by atoms with Crippen LogP contribution in [0.4, 0.5) is 5.69 Å². The number of anilines is 1. The molecular formula is C27H21N3O3. The fourth-order valence-corrected chi connectivity index (χ4v) is 5.39. The minimum absolute atomic E-state index is 0.194. The molecule has 0 N–H and O–H groups in total. The van der Waals surface area contributed by atoms with E-state index in [1.807, 2.05) is 49.4 Å². The second kappa shape index (κ2) is 7.24. The van der Waals surface area contributed by atoms with Gasteiger partial charge in [0.25, 0.3) is 0 Å². The molecule has 3 aliphatic rings. The lowest BCUT2D eigenvalue weighted by atomic mass is 9.83. The molecule has 2 saturated heterocycles. The Morgan fingerprint density at radius 3 is 2.24 bits per heavy atom. The Labute approximate surface area is 191 Å². The number of carbonyl (C=O) groups excluding carboxylic acids is 3. The standard InChI is InChI=1S/C27H21N3O3/c1-16-11-13-17(14-12-16)25(31)24-22-21(23-20-10-6-5-7-18(20)15-28-30(23)24)26(32)29(27(22)33)19-8-3-2-4-9-19/h2-15,21-24H,1H3/t21-,22-,23+,24+/m0/s1. The number of ketones is 1. The fraction of sp³-hybridized carbons (Fsp3) is 0.185. The predicted octanol–water partition coefficient (Wildman–Crippen LogP) is 3.76. The Hall–Kier alpha value is -4.06. The Balaban J connectivity index is 1.50. The first-order valence-corrected chi connectivity index (χ1v) is 11.0. The minimum atomic E-state index is -0.850. The molecule has 6 rings (SSSR count). The number of imide groups is 1. The molecule has 0 aliphatic carbocycles. The van der Waals surface area contributed by atoms with Gasteiger partial charge in [-0.05, 0) is 30.2 Å². The van der Waals surface area contributed by atoms with Crippen molar-refractivity contribution >= 4 is 29.5 Å². The van der Waals surface area contributed by atoms with Crippen molar-refractivity contribution in [2.45, 2.75) is 19.0 Å². The van der Waals surface area contributed by atoms with Crippen LogP contribution in [0.5, 0.6) is 0 Å². The van der Waals surface area contributed by atoms with Gasteiger partial charge in [0, 0.05) is 5.56 Å². The summed E-state index contributed by atoms with van der Waals surface area (Å²) in [4.78, 5) is 42.5. The van der Waals surface area contributed by atoms with E-state index in [2.05, 4.69) is 5.10 Å². The molecule has 162 valence electrons. The van der Waals surface area contributed by atoms with Crippen molar-refractivity contribution in [2.75, 3.05) is 4.90 Å². The van der Waals surface area contributed by atoms with Gasteiger partial charge in [0.15, 0.2) is 5.78 Å². The van der Waals surface area contributed by atoms with Crippen LogP contribution in [-0.2, 0) is 9.59 Å². The monoisotopic (exact) mass is 435 g/mol. The highest BCUT2D eigenvalue weighted by Crippen LogP contribution is 2.53. The van der Waals surface area contributed by atoms with Crippen molar-refractivity contribution in [3.63, 3.8) is 0 Å². The van der Waals surface area contributed by atoms with Gasteiger partial charge < -0.3 is 0 Å². The molecule has 0 aromatic heterocycles. The highest BCUT2D eigenvalue weighted by Gasteiger charge is 2.65. The molecule has 6 nitrogen and oxygen atoms in total. The molecule has 0 radical (unpaired) electrons. The third-order valence-electron chi connectivity index (χ3n) is 6.91. The van der Waals surface area contributed by atoms with Gasteiger partial charge in [-0.2, -0.15) is 5.10 Å². The molecule has 0 bridgehead atoms. The van der Waals surface area contributed by atoms with Gasteiger partial charge in [0.05, 0.1) is 29.8 Å². The van der Waals surface area contributed by atoms with E-state index in [4.69, 9.17) is 0 Å². The summed E-state index contributed by atoms with van der Waals surface area (Å²) in [5, 5.41) is 6.28. The average Bonchev–Trinajstić information content (AvgIpc) is 3.32. The van der Waals surface area contributed by atoms with E-state index in [1.165, 1.54) is 4.90 Å². The third kappa shape index (κ3) is 2.80. The zero-order valence-electron chi connectivity index (χ0n) is 18.0. The van der Waals surface area contributed by atoms with Crippen molar-refractivity contribution < 1.29 is 14.4 Å². The first-order chi connectivity index (χ1) is 16.1. The van der Waals surface area contributed by atoms with Crippen LogP contribution in [0.15, 0.2) is 84.0 Å². The Bertz CT molecular complexity index is 1320. The SMILES string of the molecule is Cc1ccc(C(=O)[C@H]2[C@H]3C(=O)N(c4ccccc4)C(=O)[C@@H]3[C@H]3c4ccccc4C=NN32)cc1. The van der Waals surface area contributed by atoms with Crippen LogP contribution in [0, 0.1) is 18.8 Å². The van der Waals surface area contributed by atoms with Gasteiger partial charge in [-0.3, -0.25) is 19.4 Å². The fourth-order valence-electron chi connectivity index (χ4n) is 5.39. The Morgan fingerprint density at radius 2 is 1.48 bits per heavy atom. The first-order valence-electron chi connectivity index (χ1n) is 11.0. The lowest BCUT2D eigenvalue weighted by Crippen LogP contribution is -2.44. The summed E-state index contributed by atoms with van der Waals surface area (Å²) in [6.07, 6.45) is 1.71. The second-order valence-electron chi connectivity index (χ2n) is 8.77. The zero-order valence-corrected chi connectivity index (χ0v) is 18.0. The summed E-state index contributed by atoms with van der Waals surface area (Å²) >= 11 is 0. The van der Waals surface area contributed by atoms with Crippen LogP contribution in [0.2, 0.25) is 0 Å².